The molecule has 0 aliphatic carbocycles. The number of hydrogen-bond donors (Lipinski definition) is 1. The highest BCUT2D eigenvalue weighted by Gasteiger charge is 2.22. The van der Waals surface area contributed by atoms with Crippen LogP contribution in [-0.2, 0) is 12.0 Å². The zero-order valence-corrected chi connectivity index (χ0v) is 13.6. The average molecular weight is 296 g/mol. The highest BCUT2D eigenvalue weighted by Crippen LogP contribution is 2.34. The molecule has 2 aromatic rings. The zero-order valence-electron chi connectivity index (χ0n) is 13.6. The zero-order chi connectivity index (χ0) is 16.2. The summed E-state index contributed by atoms with van der Waals surface area (Å²) in [6.45, 7) is 8.76. The normalized spacial score (nSPS) is 11.3. The minimum atomic E-state index is -0.000987. The molecule has 0 aliphatic rings. The summed E-state index contributed by atoms with van der Waals surface area (Å²) >= 11 is 0. The molecule has 0 unspecified atom stereocenters. The first-order valence-electron chi connectivity index (χ1n) is 7.49. The Bertz CT molecular complexity index is 622. The summed E-state index contributed by atoms with van der Waals surface area (Å²) in [5.41, 5.74) is 4.41. The number of methoxy groups -OCH3 is 1. The number of rotatable bonds is 6. The number of hydrogen-bond acceptors (Lipinski definition) is 2. The van der Waals surface area contributed by atoms with E-state index < -0.39 is 0 Å². The molecule has 2 nitrogen and oxygen atoms in total. The first kappa shape index (κ1) is 16.3. The van der Waals surface area contributed by atoms with E-state index in [9.17, 15) is 0 Å². The van der Waals surface area contributed by atoms with Gasteiger partial charge in [0.2, 0.25) is 0 Å². The van der Waals surface area contributed by atoms with E-state index in [2.05, 4.69) is 32.6 Å². The van der Waals surface area contributed by atoms with Crippen LogP contribution >= 0.6 is 0 Å². The summed E-state index contributed by atoms with van der Waals surface area (Å²) in [7, 11) is 1.68. The van der Waals surface area contributed by atoms with Crippen LogP contribution in [0, 0.1) is 0 Å². The summed E-state index contributed by atoms with van der Waals surface area (Å²) in [5, 5.41) is 9.11. The van der Waals surface area contributed by atoms with Crippen molar-refractivity contribution in [1.29, 1.82) is 0 Å². The molecule has 2 rings (SSSR count). The Hall–Kier alpha value is -2.06. The smallest absolute Gasteiger partial charge is 0.118 e. The number of benzene rings is 2. The van der Waals surface area contributed by atoms with Gasteiger partial charge in [-0.15, -0.1) is 0 Å². The number of aliphatic hydroxyl groups is 1. The molecule has 0 spiro atoms. The third-order valence-corrected chi connectivity index (χ3v) is 4.07. The first-order chi connectivity index (χ1) is 10.5. The maximum absolute atomic E-state index is 9.11. The van der Waals surface area contributed by atoms with Gasteiger partial charge in [0, 0.05) is 0 Å². The first-order valence-corrected chi connectivity index (χ1v) is 7.49. The van der Waals surface area contributed by atoms with Crippen LogP contribution in [0.1, 0.15) is 37.0 Å². The summed E-state index contributed by atoms with van der Waals surface area (Å²) in [4.78, 5) is 0. The van der Waals surface area contributed by atoms with Gasteiger partial charge in [-0.25, -0.2) is 0 Å². The summed E-state index contributed by atoms with van der Waals surface area (Å²) in [6, 6.07) is 16.2. The second-order valence-corrected chi connectivity index (χ2v) is 6.25. The summed E-state index contributed by atoms with van der Waals surface area (Å²) in [6.07, 6.45) is 0.873. The number of allylic oxidation sites excluding steroid dienone is 1. The van der Waals surface area contributed by atoms with Gasteiger partial charge in [0.25, 0.3) is 0 Å². The van der Waals surface area contributed by atoms with Crippen molar-refractivity contribution >= 4 is 5.57 Å². The van der Waals surface area contributed by atoms with Crippen molar-refractivity contribution in [2.24, 2.45) is 0 Å². The van der Waals surface area contributed by atoms with Gasteiger partial charge in [-0.05, 0) is 46.2 Å². The Balaban J connectivity index is 2.13. The molecule has 0 saturated carbocycles. The molecule has 1 N–H and O–H groups in total. The predicted octanol–water partition coefficient (Wildman–Crippen LogP) is 4.57. The van der Waals surface area contributed by atoms with Crippen LogP contribution in [0.3, 0.4) is 0 Å². The van der Waals surface area contributed by atoms with Gasteiger partial charge in [0.15, 0.2) is 0 Å². The van der Waals surface area contributed by atoms with Crippen molar-refractivity contribution in [3.8, 4) is 5.75 Å². The molecule has 0 atom stereocenters. The van der Waals surface area contributed by atoms with Gasteiger partial charge >= 0.3 is 0 Å². The Morgan fingerprint density at radius 2 is 1.64 bits per heavy atom. The number of ether oxygens (including phenoxy) is 1. The van der Waals surface area contributed by atoms with Gasteiger partial charge in [0.1, 0.15) is 5.75 Å². The molecule has 0 fully saturated rings. The van der Waals surface area contributed by atoms with Crippen LogP contribution in [0.15, 0.2) is 55.1 Å². The molecule has 0 heterocycles. The average Bonchev–Trinajstić information content (AvgIpc) is 2.54. The molecule has 0 aliphatic heterocycles. The molecule has 0 bridgehead atoms. The third kappa shape index (κ3) is 3.77. The van der Waals surface area contributed by atoms with Crippen LogP contribution in [-0.4, -0.2) is 12.2 Å². The van der Waals surface area contributed by atoms with Crippen molar-refractivity contribution in [2.45, 2.75) is 32.3 Å². The lowest BCUT2D eigenvalue weighted by atomic mass is 9.78. The second kappa shape index (κ2) is 6.80. The summed E-state index contributed by atoms with van der Waals surface area (Å²) in [5.74, 6) is 0.873. The van der Waals surface area contributed by atoms with E-state index in [4.69, 9.17) is 9.84 Å². The Labute approximate surface area is 133 Å². The SMILES string of the molecule is C=C(CC(C)(C)c1ccc(OC)cc1)c1ccc(CO)cc1. The molecule has 22 heavy (non-hydrogen) atoms. The molecular weight excluding hydrogens is 272 g/mol. The molecule has 2 aromatic carbocycles. The Kier molecular flexibility index (Phi) is 5.04. The van der Waals surface area contributed by atoms with E-state index in [0.717, 1.165) is 28.9 Å². The topological polar surface area (TPSA) is 29.5 Å². The van der Waals surface area contributed by atoms with E-state index >= 15 is 0 Å². The standard InChI is InChI=1S/C20H24O2/c1-15(17-7-5-16(14-21)6-8-17)13-20(2,3)18-9-11-19(22-4)12-10-18/h5-12,21H,1,13-14H2,2-4H3. The minimum absolute atomic E-state index is 0.000987. The number of aliphatic hydroxyl groups excluding tert-OH is 1. The van der Waals surface area contributed by atoms with Crippen LogP contribution in [0.25, 0.3) is 5.57 Å². The molecule has 0 radical (unpaired) electrons. The molecule has 2 heteroatoms. The summed E-state index contributed by atoms with van der Waals surface area (Å²) < 4.78 is 5.22. The van der Waals surface area contributed by atoms with Crippen LogP contribution in [0.5, 0.6) is 5.75 Å². The van der Waals surface area contributed by atoms with E-state index in [1.165, 1.54) is 5.56 Å². The van der Waals surface area contributed by atoms with Gasteiger partial charge in [-0.1, -0.05) is 56.8 Å². The van der Waals surface area contributed by atoms with Crippen LogP contribution in [0.2, 0.25) is 0 Å². The lowest BCUT2D eigenvalue weighted by Crippen LogP contribution is -2.17. The van der Waals surface area contributed by atoms with Gasteiger partial charge in [-0.3, -0.25) is 0 Å². The third-order valence-electron chi connectivity index (χ3n) is 4.07. The Morgan fingerprint density at radius 3 is 2.14 bits per heavy atom. The second-order valence-electron chi connectivity index (χ2n) is 6.25. The molecule has 116 valence electrons. The predicted molar refractivity (Wildman–Crippen MR) is 92.0 cm³/mol. The van der Waals surface area contributed by atoms with E-state index in [1.807, 2.05) is 36.4 Å². The highest BCUT2D eigenvalue weighted by atomic mass is 16.5. The molecule has 0 saturated heterocycles. The quantitative estimate of drug-likeness (QED) is 0.846. The van der Waals surface area contributed by atoms with Crippen LogP contribution < -0.4 is 4.74 Å². The van der Waals surface area contributed by atoms with Crippen molar-refractivity contribution in [3.05, 3.63) is 71.8 Å². The van der Waals surface area contributed by atoms with E-state index in [1.54, 1.807) is 7.11 Å². The maximum atomic E-state index is 9.11. The maximum Gasteiger partial charge on any atom is 0.118 e. The lowest BCUT2D eigenvalue weighted by Gasteiger charge is -2.27. The fraction of sp³-hybridized carbons (Fsp3) is 0.300. The Morgan fingerprint density at radius 1 is 1.05 bits per heavy atom. The van der Waals surface area contributed by atoms with E-state index in [0.29, 0.717) is 0 Å². The largest absolute Gasteiger partial charge is 0.497 e. The van der Waals surface area contributed by atoms with Crippen molar-refractivity contribution < 1.29 is 9.84 Å². The fourth-order valence-corrected chi connectivity index (χ4v) is 2.63. The van der Waals surface area contributed by atoms with E-state index in [-0.39, 0.29) is 12.0 Å². The monoisotopic (exact) mass is 296 g/mol. The van der Waals surface area contributed by atoms with Crippen LogP contribution in [0.4, 0.5) is 0 Å². The van der Waals surface area contributed by atoms with Crippen molar-refractivity contribution in [1.82, 2.24) is 0 Å². The molecule has 0 amide bonds. The van der Waals surface area contributed by atoms with Gasteiger partial charge in [0.05, 0.1) is 13.7 Å². The fourth-order valence-electron chi connectivity index (χ4n) is 2.63. The molecule has 0 aromatic heterocycles. The van der Waals surface area contributed by atoms with Gasteiger partial charge < -0.3 is 9.84 Å². The van der Waals surface area contributed by atoms with Gasteiger partial charge in [-0.2, -0.15) is 0 Å². The van der Waals surface area contributed by atoms with Crippen molar-refractivity contribution in [2.75, 3.05) is 7.11 Å². The minimum Gasteiger partial charge on any atom is -0.497 e. The lowest BCUT2D eigenvalue weighted by molar-refractivity contribution is 0.282. The molecular formula is C20H24O2. The van der Waals surface area contributed by atoms with Crippen molar-refractivity contribution in [3.63, 3.8) is 0 Å². The highest BCUT2D eigenvalue weighted by molar-refractivity contribution is 5.65.